The Kier molecular flexibility index (Phi) is 10.4. The van der Waals surface area contributed by atoms with Crippen molar-refractivity contribution in [3.8, 4) is 22.6 Å². The molecule has 0 radical (unpaired) electrons. The number of carbonyl (C=O) groups is 4. The maximum absolute atomic E-state index is 12.4. The number of fused-ring (bicyclic) bond motifs is 4. The topological polar surface area (TPSA) is 210 Å². The van der Waals surface area contributed by atoms with Gasteiger partial charge >= 0.3 is 35.1 Å². The van der Waals surface area contributed by atoms with Crippen LogP contribution in [-0.2, 0) is 38.1 Å². The minimum Gasteiger partial charge on any atom is -0.482 e. The Morgan fingerprint density at radius 1 is 0.571 bits per heavy atom. The second kappa shape index (κ2) is 14.9. The van der Waals surface area contributed by atoms with Gasteiger partial charge in [0.15, 0.2) is 34.5 Å². The lowest BCUT2D eigenvalue weighted by Gasteiger charge is -2.32. The first-order valence-electron chi connectivity index (χ1n) is 17.3. The van der Waals surface area contributed by atoms with E-state index in [1.807, 2.05) is 0 Å². The molecule has 4 aromatic heterocycles. The van der Waals surface area contributed by atoms with Crippen LogP contribution in [0.15, 0.2) is 76.2 Å². The van der Waals surface area contributed by atoms with Crippen LogP contribution in [0.3, 0.4) is 0 Å². The number of benzene rings is 2. The fourth-order valence-electron chi connectivity index (χ4n) is 6.35. The van der Waals surface area contributed by atoms with Crippen molar-refractivity contribution in [1.29, 1.82) is 0 Å². The van der Waals surface area contributed by atoms with E-state index in [9.17, 15) is 28.8 Å². The molecule has 16 heteroatoms. The van der Waals surface area contributed by atoms with Gasteiger partial charge in [-0.15, -0.1) is 0 Å². The van der Waals surface area contributed by atoms with E-state index >= 15 is 0 Å². The molecule has 0 bridgehead atoms. The molecule has 294 valence electrons. The molecule has 2 unspecified atom stereocenters. The van der Waals surface area contributed by atoms with Crippen LogP contribution in [0.25, 0.3) is 55.0 Å². The van der Waals surface area contributed by atoms with Gasteiger partial charge in [0.05, 0.1) is 12.5 Å². The van der Waals surface area contributed by atoms with Crippen LogP contribution in [-0.4, -0.2) is 60.5 Å². The first-order chi connectivity index (χ1) is 26.3. The van der Waals surface area contributed by atoms with E-state index in [2.05, 4.69) is 0 Å². The van der Waals surface area contributed by atoms with Crippen LogP contribution in [0.1, 0.15) is 55.4 Å². The van der Waals surface area contributed by atoms with Crippen LogP contribution in [0, 0.1) is 0 Å². The van der Waals surface area contributed by atoms with Crippen molar-refractivity contribution < 1.29 is 65.3 Å². The molecular weight excluding hydrogens is 736 g/mol. The minimum atomic E-state index is -1.32. The molecule has 56 heavy (non-hydrogen) atoms. The zero-order valence-corrected chi connectivity index (χ0v) is 31.7. The van der Waals surface area contributed by atoms with Gasteiger partial charge in [0.2, 0.25) is 11.5 Å². The van der Waals surface area contributed by atoms with Crippen molar-refractivity contribution >= 4 is 67.8 Å². The summed E-state index contributed by atoms with van der Waals surface area (Å²) >= 11 is 0. The van der Waals surface area contributed by atoms with Gasteiger partial charge in [-0.25, -0.2) is 9.59 Å². The molecule has 0 aliphatic carbocycles. The molecule has 6 rings (SSSR count). The summed E-state index contributed by atoms with van der Waals surface area (Å²) in [5.41, 5.74) is -2.55. The monoisotopic (exact) mass is 774 g/mol. The predicted octanol–water partition coefficient (Wildman–Crippen LogP) is 6.36. The van der Waals surface area contributed by atoms with Crippen molar-refractivity contribution in [2.45, 2.75) is 78.8 Å². The molecule has 16 nitrogen and oxygen atoms in total. The highest BCUT2D eigenvalue weighted by molar-refractivity contribution is 6.12. The average molecular weight is 775 g/mol. The van der Waals surface area contributed by atoms with Gasteiger partial charge < -0.3 is 46.1 Å². The Balaban J connectivity index is 1.48. The number of rotatable bonds is 13. The molecule has 0 spiro atoms. The van der Waals surface area contributed by atoms with Crippen LogP contribution >= 0.6 is 0 Å². The molecule has 0 fully saturated rings. The van der Waals surface area contributed by atoms with Crippen LogP contribution < -0.4 is 20.7 Å². The lowest BCUT2D eigenvalue weighted by Crippen LogP contribution is -2.46. The van der Waals surface area contributed by atoms with Crippen LogP contribution in [0.5, 0.6) is 11.5 Å². The first-order valence-corrected chi connectivity index (χ1v) is 17.3. The number of furan rings is 2. The number of ether oxygens (including phenoxy) is 6. The molecule has 0 N–H and O–H groups in total. The molecule has 0 amide bonds. The van der Waals surface area contributed by atoms with Gasteiger partial charge in [-0.3, -0.25) is 19.2 Å². The first kappa shape index (κ1) is 39.1. The second-order valence-electron chi connectivity index (χ2n) is 14.0. The van der Waals surface area contributed by atoms with Gasteiger partial charge in [-0.1, -0.05) is 0 Å². The number of esters is 4. The molecule has 0 aliphatic rings. The molecule has 2 aromatic carbocycles. The third kappa shape index (κ3) is 7.94. The van der Waals surface area contributed by atoms with E-state index < -0.39 is 58.5 Å². The van der Waals surface area contributed by atoms with E-state index in [-0.39, 0.29) is 47.0 Å². The summed E-state index contributed by atoms with van der Waals surface area (Å²) < 4.78 is 57.5. The smallest absolute Gasteiger partial charge is 0.336 e. The molecular formula is C40H38O16. The van der Waals surface area contributed by atoms with Crippen molar-refractivity contribution in [3.63, 3.8) is 0 Å². The van der Waals surface area contributed by atoms with E-state index in [1.54, 1.807) is 52.0 Å². The van der Waals surface area contributed by atoms with Crippen molar-refractivity contribution in [3.05, 3.63) is 69.8 Å². The Labute approximate surface area is 317 Å². The zero-order chi connectivity index (χ0) is 40.7. The summed E-state index contributed by atoms with van der Waals surface area (Å²) in [6.07, 6.45) is 0.700. The lowest BCUT2D eigenvalue weighted by molar-refractivity contribution is -0.181. The van der Waals surface area contributed by atoms with Gasteiger partial charge in [0.1, 0.15) is 24.4 Å². The molecule has 4 heterocycles. The van der Waals surface area contributed by atoms with Crippen molar-refractivity contribution in [2.24, 2.45) is 0 Å². The summed E-state index contributed by atoms with van der Waals surface area (Å²) in [6.45, 7) is 10.4. The number of carbonyl (C=O) groups excluding carboxylic acids is 4. The van der Waals surface area contributed by atoms with E-state index in [0.29, 0.717) is 32.7 Å². The molecule has 0 saturated heterocycles. The Bertz CT molecular complexity index is 2450. The molecule has 0 aliphatic heterocycles. The van der Waals surface area contributed by atoms with Crippen molar-refractivity contribution in [2.75, 3.05) is 13.2 Å². The maximum Gasteiger partial charge on any atom is 0.336 e. The fourth-order valence-corrected chi connectivity index (χ4v) is 6.35. The average Bonchev–Trinajstić information content (AvgIpc) is 3.69. The second-order valence-corrected chi connectivity index (χ2v) is 14.0. The third-order valence-electron chi connectivity index (χ3n) is 8.84. The van der Waals surface area contributed by atoms with E-state index in [1.165, 1.54) is 52.4 Å². The molecule has 0 saturated carbocycles. The van der Waals surface area contributed by atoms with Crippen LogP contribution in [0.4, 0.5) is 0 Å². The van der Waals surface area contributed by atoms with Crippen LogP contribution in [0.2, 0.25) is 0 Å². The molecule has 6 aromatic rings. The fraction of sp³-hybridized carbons (Fsp3) is 0.350. The standard InChI is InChI=1S/C40H38O16/c1-19(41)51-29(39(5,6)55-21(3)43)17-49-37-33-23(9-11-31(45)53-33)13-25-27(15-47-35(25)37)28-16-48-36-26(28)14-24-10-12-32(46)54-34(24)38(36)50-18-30(52-20(2)42)40(7,8)56-22(4)44/h9-16,29-30H,17-18H2,1-8H3. The highest BCUT2D eigenvalue weighted by Crippen LogP contribution is 2.46. The van der Waals surface area contributed by atoms with Gasteiger partial charge in [-0.2, -0.15) is 0 Å². The number of hydrogen-bond acceptors (Lipinski definition) is 16. The summed E-state index contributed by atoms with van der Waals surface area (Å²) in [6, 6.07) is 9.02. The highest BCUT2D eigenvalue weighted by atomic mass is 16.6. The van der Waals surface area contributed by atoms with Gasteiger partial charge in [-0.05, 0) is 52.0 Å². The summed E-state index contributed by atoms with van der Waals surface area (Å²) in [5, 5.41) is 1.89. The van der Waals surface area contributed by atoms with Gasteiger partial charge in [0.25, 0.3) is 0 Å². The minimum absolute atomic E-state index is 0.00758. The molecule has 2 atom stereocenters. The third-order valence-corrected chi connectivity index (χ3v) is 8.84. The van der Waals surface area contributed by atoms with E-state index in [0.717, 1.165) is 0 Å². The van der Waals surface area contributed by atoms with E-state index in [4.69, 9.17) is 46.1 Å². The Morgan fingerprint density at radius 3 is 1.29 bits per heavy atom. The van der Waals surface area contributed by atoms with Gasteiger partial charge in [0, 0.05) is 72.5 Å². The Morgan fingerprint density at radius 2 is 0.946 bits per heavy atom. The maximum atomic E-state index is 12.4. The quantitative estimate of drug-likeness (QED) is 0.0709. The summed E-state index contributed by atoms with van der Waals surface area (Å²) in [5.74, 6) is -2.49. The zero-order valence-electron chi connectivity index (χ0n) is 31.7. The largest absolute Gasteiger partial charge is 0.482 e. The summed E-state index contributed by atoms with van der Waals surface area (Å²) in [7, 11) is 0. The lowest BCUT2D eigenvalue weighted by atomic mass is 10.0. The predicted molar refractivity (Wildman–Crippen MR) is 197 cm³/mol. The summed E-state index contributed by atoms with van der Waals surface area (Å²) in [4.78, 5) is 72.7. The Hall–Kier alpha value is -6.58. The highest BCUT2D eigenvalue weighted by Gasteiger charge is 2.38. The van der Waals surface area contributed by atoms with Crippen molar-refractivity contribution in [1.82, 2.24) is 0 Å². The number of hydrogen-bond donors (Lipinski definition) is 0. The normalized spacial score (nSPS) is 13.1. The SMILES string of the molecule is CC(=O)OC(COc1c2oc(=O)ccc2cc2c(-c3coc4c(OCC(OC(C)=O)C(C)(C)OC(C)=O)c5oc(=O)ccc5cc34)coc12)C(C)(C)OC(C)=O.